The Morgan fingerprint density at radius 1 is 0.652 bits per heavy atom. The fraction of sp³-hybridized carbons (Fsp3) is 0.797. The first kappa shape index (κ1) is 45.0. The Kier molecular flexibility index (Phi) is 8.49. The molecule has 4 spiro atoms. The highest BCUT2D eigenvalue weighted by molar-refractivity contribution is 5.86. The minimum atomic E-state index is -1.06. The number of nitrogens with zero attached hydrogens (tertiary/aromatic N) is 2. The largest absolute Gasteiger partial charge is 0.504 e. The van der Waals surface area contributed by atoms with Crippen LogP contribution in [-0.2, 0) is 33.1 Å². The molecule has 10 nitrogen and oxygen atoms in total. The number of methoxy groups -OCH3 is 2. The highest BCUT2D eigenvalue weighted by Gasteiger charge is 2.88. The standard InChI is InChI=1S/C59H82N2O8/c1-49(2,3)51(7,64)38-28-54-16-18-57(38,66-10)48-56(54)20-22-60(30-32-12-13-32)40(54)26-34-24-36(44(62)46(68-48)42(34)56)37-25-35-27-41-55-17-19-59(67-11,39(29-55)52(8,65)50(4,5)6)53(9)58(55,43(35)47(69-53)45(37)63)21-23-61(41)31-33-14-15-33/h24-25,32-33,38-41,48,62-65H,12-23,26-31H2,1-11H3/t38-,39-,40-,41-,48-,51+,52+,53+,54-,55-,56+,57-,58+,59-/m1/s1. The number of phenolic OH excluding ortho intramolecular Hbond substituents is 2. The molecule has 14 aliphatic rings. The Balaban J connectivity index is 0.968. The number of benzene rings is 2. The maximum Gasteiger partial charge on any atom is 0.166 e. The number of rotatable bonds is 9. The van der Waals surface area contributed by atoms with Crippen LogP contribution >= 0.6 is 0 Å². The number of likely N-dealkylation sites (tertiary alicyclic amines) is 2. The normalized spacial score (nSPS) is 44.8. The van der Waals surface area contributed by atoms with Crippen molar-refractivity contribution in [1.82, 2.24) is 9.80 Å². The van der Waals surface area contributed by atoms with Crippen LogP contribution in [0.3, 0.4) is 0 Å². The van der Waals surface area contributed by atoms with Gasteiger partial charge in [0.05, 0.1) is 16.6 Å². The summed E-state index contributed by atoms with van der Waals surface area (Å²) in [6.45, 7) is 23.5. The van der Waals surface area contributed by atoms with Gasteiger partial charge in [0.2, 0.25) is 0 Å². The molecule has 16 rings (SSSR count). The number of piperidine rings is 2. The van der Waals surface area contributed by atoms with Crippen LogP contribution < -0.4 is 9.47 Å². The number of ether oxygens (including phenoxy) is 4. The van der Waals surface area contributed by atoms with Crippen LogP contribution in [0.15, 0.2) is 12.1 Å². The molecule has 14 atom stereocenters. The minimum Gasteiger partial charge on any atom is -0.504 e. The van der Waals surface area contributed by atoms with Gasteiger partial charge < -0.3 is 39.4 Å². The number of fused-ring (bicyclic) bond motifs is 4. The topological polar surface area (TPSA) is 124 Å². The maximum absolute atomic E-state index is 13.2. The van der Waals surface area contributed by atoms with E-state index in [2.05, 4.69) is 70.4 Å². The molecule has 2 aromatic rings. The lowest BCUT2D eigenvalue weighted by atomic mass is 9.30. The van der Waals surface area contributed by atoms with Crippen LogP contribution in [0.1, 0.15) is 162 Å². The van der Waals surface area contributed by atoms with Gasteiger partial charge in [0, 0.05) is 89.7 Å². The van der Waals surface area contributed by atoms with E-state index in [1.54, 1.807) is 0 Å². The molecule has 0 amide bonds. The van der Waals surface area contributed by atoms with Gasteiger partial charge in [-0.25, -0.2) is 0 Å². The van der Waals surface area contributed by atoms with E-state index in [1.165, 1.54) is 42.4 Å². The quantitative estimate of drug-likeness (QED) is 0.194. The molecular weight excluding hydrogens is 865 g/mol. The van der Waals surface area contributed by atoms with E-state index in [0.717, 1.165) is 108 Å². The van der Waals surface area contributed by atoms with Gasteiger partial charge in [-0.15, -0.1) is 0 Å². The SMILES string of the molecule is CO[C@]12CC[C@@]3(C[C@@H]1[C@](C)(O)C(C)(C)C)[C@H]1Cc4cc(-c5cc6c7c(c5O)O[C@@]5(C)[C@]78CCN(CC7CC7)[C@H](C6)[C@]86CC[C@@]5(OC)[C@@H]([C@](C)(O)C(C)(C)C)C6)c(O)c5c4[C@@]3(CCN1CC1CC1)[C@H]2O5. The number of phenols is 2. The predicted molar refractivity (Wildman–Crippen MR) is 264 cm³/mol. The average Bonchev–Trinajstić information content (AvgIpc) is 4.23. The fourth-order valence-corrected chi connectivity index (χ4v) is 20.4. The summed E-state index contributed by atoms with van der Waals surface area (Å²) in [5.74, 6) is 2.41. The summed E-state index contributed by atoms with van der Waals surface area (Å²) in [7, 11) is 3.68. The van der Waals surface area contributed by atoms with E-state index in [9.17, 15) is 20.4 Å². The molecule has 8 bridgehead atoms. The van der Waals surface area contributed by atoms with Gasteiger partial charge in [-0.2, -0.15) is 0 Å². The van der Waals surface area contributed by atoms with Crippen molar-refractivity contribution in [1.29, 1.82) is 0 Å². The van der Waals surface area contributed by atoms with Crippen LogP contribution in [0.5, 0.6) is 23.0 Å². The summed E-state index contributed by atoms with van der Waals surface area (Å²) < 4.78 is 29.2. The highest BCUT2D eigenvalue weighted by Crippen LogP contribution is 2.83. The van der Waals surface area contributed by atoms with Gasteiger partial charge in [-0.05, 0) is 170 Å². The number of aliphatic hydroxyl groups is 2. The van der Waals surface area contributed by atoms with Crippen LogP contribution in [0, 0.1) is 45.3 Å². The summed E-state index contributed by atoms with van der Waals surface area (Å²) in [4.78, 5) is 5.67. The Bertz CT molecular complexity index is 2610. The molecule has 10 heteroatoms. The molecule has 69 heavy (non-hydrogen) atoms. The number of hydrogen-bond acceptors (Lipinski definition) is 10. The first-order valence-electron chi connectivity index (χ1n) is 27.6. The molecule has 0 radical (unpaired) electrons. The molecule has 0 unspecified atom stereocenters. The first-order valence-corrected chi connectivity index (χ1v) is 27.6. The average molecular weight is 947 g/mol. The Morgan fingerprint density at radius 2 is 1.19 bits per heavy atom. The van der Waals surface area contributed by atoms with E-state index >= 15 is 0 Å². The molecule has 4 heterocycles. The zero-order chi connectivity index (χ0) is 48.4. The predicted octanol–water partition coefficient (Wildman–Crippen LogP) is 9.20. The van der Waals surface area contributed by atoms with E-state index in [4.69, 9.17) is 18.9 Å². The molecule has 10 fully saturated rings. The van der Waals surface area contributed by atoms with Crippen molar-refractivity contribution in [2.45, 2.75) is 209 Å². The smallest absolute Gasteiger partial charge is 0.166 e. The Hall–Kier alpha value is -2.60. The molecule has 0 aromatic heterocycles. The van der Waals surface area contributed by atoms with Gasteiger partial charge in [-0.1, -0.05) is 41.5 Å². The highest BCUT2D eigenvalue weighted by atomic mass is 16.6. The van der Waals surface area contributed by atoms with Crippen molar-refractivity contribution < 1.29 is 39.4 Å². The zero-order valence-corrected chi connectivity index (χ0v) is 43.7. The van der Waals surface area contributed by atoms with E-state index in [-0.39, 0.29) is 57.8 Å². The second-order valence-corrected chi connectivity index (χ2v) is 28.5. The lowest BCUT2D eigenvalue weighted by Crippen LogP contribution is -2.87. The Labute approximate surface area is 411 Å². The van der Waals surface area contributed by atoms with Crippen molar-refractivity contribution in [3.05, 3.63) is 34.4 Å². The first-order chi connectivity index (χ1) is 32.4. The van der Waals surface area contributed by atoms with E-state index < -0.39 is 44.3 Å². The third-order valence-corrected chi connectivity index (χ3v) is 24.9. The van der Waals surface area contributed by atoms with Crippen LogP contribution in [0.25, 0.3) is 11.1 Å². The second kappa shape index (κ2) is 13.0. The van der Waals surface area contributed by atoms with Gasteiger partial charge in [0.15, 0.2) is 23.0 Å². The lowest BCUT2D eigenvalue weighted by molar-refractivity contribution is -0.345. The van der Waals surface area contributed by atoms with Crippen LogP contribution in [0.2, 0.25) is 0 Å². The molecule has 2 aromatic carbocycles. The fourth-order valence-electron chi connectivity index (χ4n) is 20.4. The molecule has 2 saturated heterocycles. The van der Waals surface area contributed by atoms with Crippen molar-refractivity contribution in [3.8, 4) is 34.1 Å². The van der Waals surface area contributed by atoms with Crippen molar-refractivity contribution in [2.75, 3.05) is 40.4 Å². The Morgan fingerprint density at radius 3 is 1.77 bits per heavy atom. The number of hydrogen-bond donors (Lipinski definition) is 4. The molecule has 8 saturated carbocycles. The summed E-state index contributed by atoms with van der Waals surface area (Å²) in [5.41, 5.74) is -0.536. The summed E-state index contributed by atoms with van der Waals surface area (Å²) in [6.07, 6.45) is 13.6. The molecule has 376 valence electrons. The van der Waals surface area contributed by atoms with Gasteiger partial charge in [-0.3, -0.25) is 9.80 Å². The summed E-state index contributed by atoms with van der Waals surface area (Å²) in [5, 5.41) is 52.2. The van der Waals surface area contributed by atoms with Gasteiger partial charge in [0.25, 0.3) is 0 Å². The zero-order valence-electron chi connectivity index (χ0n) is 43.7. The van der Waals surface area contributed by atoms with Crippen LogP contribution in [0.4, 0.5) is 0 Å². The third kappa shape index (κ3) is 4.70. The van der Waals surface area contributed by atoms with Gasteiger partial charge >= 0.3 is 0 Å². The van der Waals surface area contributed by atoms with E-state index in [1.807, 2.05) is 28.1 Å². The van der Waals surface area contributed by atoms with Crippen molar-refractivity contribution in [2.24, 2.45) is 45.3 Å². The second-order valence-electron chi connectivity index (χ2n) is 28.5. The van der Waals surface area contributed by atoms with Crippen molar-refractivity contribution >= 4 is 0 Å². The molecule has 10 aliphatic carbocycles. The summed E-state index contributed by atoms with van der Waals surface area (Å²) >= 11 is 0. The summed E-state index contributed by atoms with van der Waals surface area (Å²) in [6, 6.07) is 4.98. The molecular formula is C59H82N2O8. The number of aromatic hydroxyl groups is 2. The van der Waals surface area contributed by atoms with Crippen molar-refractivity contribution in [3.63, 3.8) is 0 Å². The lowest BCUT2D eigenvalue weighted by Gasteiger charge is -2.78. The molecule has 4 aliphatic heterocycles. The maximum atomic E-state index is 13.2. The third-order valence-electron chi connectivity index (χ3n) is 24.9. The van der Waals surface area contributed by atoms with E-state index in [0.29, 0.717) is 22.6 Å². The minimum absolute atomic E-state index is 0.0890. The van der Waals surface area contributed by atoms with Crippen LogP contribution in [-0.4, -0.2) is 117 Å². The monoisotopic (exact) mass is 947 g/mol. The molecule has 4 N–H and O–H groups in total. The van der Waals surface area contributed by atoms with Gasteiger partial charge in [0.1, 0.15) is 22.9 Å².